The molecule has 0 aliphatic heterocycles. The molecule has 0 unspecified atom stereocenters. The quantitative estimate of drug-likeness (QED) is 0.586. The Balaban J connectivity index is 3.49. The van der Waals surface area contributed by atoms with Crippen LogP contribution in [0.1, 0.15) is 26.2 Å². The molecule has 0 amide bonds. The zero-order valence-corrected chi connectivity index (χ0v) is 6.66. The van der Waals surface area contributed by atoms with Crippen LogP contribution in [0.2, 0.25) is 0 Å². The van der Waals surface area contributed by atoms with Crippen molar-refractivity contribution in [3.8, 4) is 0 Å². The van der Waals surface area contributed by atoms with Crippen molar-refractivity contribution in [3.05, 3.63) is 0 Å². The molecular weight excluding hydrogens is 159 g/mol. The fraction of sp³-hybridized carbons (Fsp3) is 1.00. The molecule has 0 atom stereocenters. The Kier molecular flexibility index (Phi) is 4.55. The predicted molar refractivity (Wildman–Crippen MR) is 35.5 cm³/mol. The van der Waals surface area contributed by atoms with Crippen LogP contribution in [0.5, 0.6) is 0 Å². The summed E-state index contributed by atoms with van der Waals surface area (Å²) >= 11 is 0. The average Bonchev–Trinajstić information content (AvgIpc) is 1.89. The zero-order valence-electron chi connectivity index (χ0n) is 5.84. The Morgan fingerprint density at radius 3 is 2.40 bits per heavy atom. The third-order valence-electron chi connectivity index (χ3n) is 1.09. The van der Waals surface area contributed by atoms with Crippen LogP contribution in [0.4, 0.5) is 4.53 Å². The summed E-state index contributed by atoms with van der Waals surface area (Å²) in [5.41, 5.74) is 0. The molecule has 0 fully saturated rings. The van der Waals surface area contributed by atoms with Crippen molar-refractivity contribution in [2.75, 3.05) is 5.75 Å². The topological polar surface area (TPSA) is 43.4 Å². The van der Waals surface area contributed by atoms with Crippen LogP contribution in [-0.2, 0) is 14.5 Å². The minimum Gasteiger partial charge on any atom is -0.197 e. The SMILES string of the molecule is CCCCCS(=O)(=O)OF. The summed E-state index contributed by atoms with van der Waals surface area (Å²) in [5.74, 6) is -0.225. The van der Waals surface area contributed by atoms with Gasteiger partial charge in [-0.25, -0.2) is 0 Å². The number of halogens is 1. The van der Waals surface area contributed by atoms with E-state index < -0.39 is 10.1 Å². The summed E-state index contributed by atoms with van der Waals surface area (Å²) in [7, 11) is -3.86. The second-order valence-electron chi connectivity index (χ2n) is 2.03. The third kappa shape index (κ3) is 4.69. The summed E-state index contributed by atoms with van der Waals surface area (Å²) in [6.07, 6.45) is 2.15. The highest BCUT2D eigenvalue weighted by atomic mass is 32.2. The van der Waals surface area contributed by atoms with Gasteiger partial charge >= 0.3 is 0 Å². The third-order valence-corrected chi connectivity index (χ3v) is 2.07. The fourth-order valence-electron chi connectivity index (χ4n) is 0.560. The number of hydrogen-bond donors (Lipinski definition) is 0. The van der Waals surface area contributed by atoms with Gasteiger partial charge in [0.25, 0.3) is 10.1 Å². The molecule has 10 heavy (non-hydrogen) atoms. The molecule has 0 saturated carbocycles. The smallest absolute Gasteiger partial charge is 0.197 e. The van der Waals surface area contributed by atoms with Gasteiger partial charge in [0.05, 0.1) is 5.75 Å². The van der Waals surface area contributed by atoms with Gasteiger partial charge in [0.15, 0.2) is 0 Å². The first-order chi connectivity index (χ1) is 4.62. The first-order valence-electron chi connectivity index (χ1n) is 3.15. The van der Waals surface area contributed by atoms with Crippen molar-refractivity contribution in [1.82, 2.24) is 0 Å². The number of rotatable bonds is 5. The molecule has 0 bridgehead atoms. The highest BCUT2D eigenvalue weighted by Gasteiger charge is 2.09. The van der Waals surface area contributed by atoms with Gasteiger partial charge in [-0.05, 0) is 10.9 Å². The Labute approximate surface area is 60.2 Å². The Morgan fingerprint density at radius 1 is 1.40 bits per heavy atom. The van der Waals surface area contributed by atoms with Crippen molar-refractivity contribution >= 4 is 10.1 Å². The molecule has 0 aromatic rings. The largest absolute Gasteiger partial charge is 0.297 e. The molecule has 62 valence electrons. The van der Waals surface area contributed by atoms with E-state index in [1.54, 1.807) is 0 Å². The Hall–Kier alpha value is -0.160. The molecule has 0 saturated heterocycles. The van der Waals surface area contributed by atoms with Crippen LogP contribution in [0, 0.1) is 0 Å². The van der Waals surface area contributed by atoms with Crippen LogP contribution >= 0.6 is 0 Å². The van der Waals surface area contributed by atoms with Gasteiger partial charge in [-0.15, -0.1) is 0 Å². The zero-order chi connectivity index (χ0) is 8.04. The summed E-state index contributed by atoms with van der Waals surface area (Å²) in [6.45, 7) is 1.93. The van der Waals surface area contributed by atoms with E-state index in [-0.39, 0.29) is 5.75 Å². The van der Waals surface area contributed by atoms with Gasteiger partial charge in [-0.3, -0.25) is 0 Å². The lowest BCUT2D eigenvalue weighted by molar-refractivity contribution is 0.00289. The van der Waals surface area contributed by atoms with Crippen molar-refractivity contribution in [2.24, 2.45) is 0 Å². The van der Waals surface area contributed by atoms with Crippen LogP contribution in [0.25, 0.3) is 0 Å². The molecule has 0 heterocycles. The monoisotopic (exact) mass is 170 g/mol. The number of unbranched alkanes of at least 4 members (excludes halogenated alkanes) is 2. The maximum absolute atomic E-state index is 11.1. The summed E-state index contributed by atoms with van der Waals surface area (Å²) in [5, 5.41) is 0. The van der Waals surface area contributed by atoms with Crippen molar-refractivity contribution in [2.45, 2.75) is 26.2 Å². The highest BCUT2D eigenvalue weighted by molar-refractivity contribution is 7.86. The lowest BCUT2D eigenvalue weighted by atomic mass is 10.3. The maximum Gasteiger partial charge on any atom is 0.297 e. The maximum atomic E-state index is 11.1. The molecule has 0 aromatic carbocycles. The van der Waals surface area contributed by atoms with Gasteiger partial charge in [0, 0.05) is 0 Å². The van der Waals surface area contributed by atoms with Crippen molar-refractivity contribution in [1.29, 1.82) is 0 Å². The predicted octanol–water partition coefficient (Wildman–Crippen LogP) is 1.41. The molecule has 0 aliphatic rings. The van der Waals surface area contributed by atoms with E-state index in [9.17, 15) is 12.9 Å². The van der Waals surface area contributed by atoms with E-state index in [1.165, 1.54) is 0 Å². The molecule has 0 rings (SSSR count). The second-order valence-corrected chi connectivity index (χ2v) is 3.68. The summed E-state index contributed by atoms with van der Waals surface area (Å²) in [4.78, 5) is 0. The van der Waals surface area contributed by atoms with Gasteiger partial charge in [0.1, 0.15) is 0 Å². The highest BCUT2D eigenvalue weighted by Crippen LogP contribution is 2.00. The Morgan fingerprint density at radius 2 is 2.00 bits per heavy atom. The van der Waals surface area contributed by atoms with E-state index in [0.29, 0.717) is 6.42 Å². The normalized spacial score (nSPS) is 11.8. The minimum absolute atomic E-state index is 0.225. The van der Waals surface area contributed by atoms with Crippen LogP contribution < -0.4 is 0 Å². The van der Waals surface area contributed by atoms with Crippen LogP contribution in [-0.4, -0.2) is 14.2 Å². The molecule has 0 aromatic heterocycles. The molecule has 0 aliphatic carbocycles. The van der Waals surface area contributed by atoms with E-state index in [1.807, 2.05) is 6.92 Å². The lowest BCUT2D eigenvalue weighted by Crippen LogP contribution is -2.05. The second kappa shape index (κ2) is 4.62. The molecule has 3 nitrogen and oxygen atoms in total. The minimum atomic E-state index is -3.86. The molecule has 5 heteroatoms. The van der Waals surface area contributed by atoms with E-state index in [0.717, 1.165) is 12.8 Å². The number of hydrogen-bond acceptors (Lipinski definition) is 3. The summed E-state index contributed by atoms with van der Waals surface area (Å²) < 4.78 is 34.4. The van der Waals surface area contributed by atoms with Gasteiger partial charge in [-0.1, -0.05) is 24.2 Å². The van der Waals surface area contributed by atoms with Crippen molar-refractivity contribution in [3.63, 3.8) is 0 Å². The average molecular weight is 170 g/mol. The first kappa shape index (κ1) is 9.84. The molecule has 0 spiro atoms. The van der Waals surface area contributed by atoms with Crippen molar-refractivity contribution < 1.29 is 17.3 Å². The molecular formula is C5H11FO3S. The van der Waals surface area contributed by atoms with E-state index in [4.69, 9.17) is 0 Å². The fourth-order valence-corrected chi connectivity index (χ4v) is 1.18. The first-order valence-corrected chi connectivity index (χ1v) is 4.73. The van der Waals surface area contributed by atoms with E-state index >= 15 is 0 Å². The molecule has 0 radical (unpaired) electrons. The van der Waals surface area contributed by atoms with Crippen LogP contribution in [0.15, 0.2) is 0 Å². The summed E-state index contributed by atoms with van der Waals surface area (Å²) in [6, 6.07) is 0. The Bertz CT molecular complexity index is 164. The van der Waals surface area contributed by atoms with Crippen LogP contribution in [0.3, 0.4) is 0 Å². The van der Waals surface area contributed by atoms with E-state index in [2.05, 4.69) is 4.39 Å². The van der Waals surface area contributed by atoms with Gasteiger partial charge in [-0.2, -0.15) is 8.42 Å². The standard InChI is InChI=1S/C5H11FO3S/c1-2-3-4-5-10(7,8)9-6/h2-5H2,1H3. The lowest BCUT2D eigenvalue weighted by Gasteiger charge is -1.94. The van der Waals surface area contributed by atoms with Gasteiger partial charge in [0.2, 0.25) is 0 Å². The molecule has 0 N–H and O–H groups in total. The van der Waals surface area contributed by atoms with Gasteiger partial charge < -0.3 is 0 Å².